The van der Waals surface area contributed by atoms with Gasteiger partial charge in [-0.15, -0.1) is 0 Å². The third-order valence-corrected chi connectivity index (χ3v) is 3.48. The molecule has 0 bridgehead atoms. The van der Waals surface area contributed by atoms with Gasteiger partial charge in [0.05, 0.1) is 0 Å². The number of alkyl halides is 3. The van der Waals surface area contributed by atoms with Gasteiger partial charge in [0.25, 0.3) is 10.1 Å². The molecule has 0 radical (unpaired) electrons. The Balaban J connectivity index is 3.05. The molecule has 0 spiro atoms. The molecule has 0 fully saturated rings. The topological polar surface area (TPSA) is 82.1 Å². The van der Waals surface area contributed by atoms with Crippen LogP contribution < -0.4 is 9.47 Å². The second kappa shape index (κ2) is 7.37. The fraction of sp³-hybridized carbons (Fsp3) is 0.538. The van der Waals surface area contributed by atoms with Crippen LogP contribution >= 0.6 is 0 Å². The number of hydrogen-bond donors (Lipinski definition) is 1. The molecule has 0 aliphatic carbocycles. The highest BCUT2D eigenvalue weighted by atomic mass is 32.2. The van der Waals surface area contributed by atoms with Crippen molar-refractivity contribution < 1.29 is 40.4 Å². The molecule has 23 heavy (non-hydrogen) atoms. The maximum Gasteiger partial charge on any atom is 0.426 e. The largest absolute Gasteiger partial charge is 0.480 e. The monoisotopic (exact) mass is 358 g/mol. The van der Waals surface area contributed by atoms with E-state index in [0.717, 1.165) is 0 Å². The average molecular weight is 358 g/mol. The summed E-state index contributed by atoms with van der Waals surface area (Å²) in [6, 6.07) is 2.56. The third kappa shape index (κ3) is 6.24. The van der Waals surface area contributed by atoms with Crippen molar-refractivity contribution in [3.63, 3.8) is 0 Å². The van der Waals surface area contributed by atoms with Gasteiger partial charge < -0.3 is 14.2 Å². The number of benzene rings is 1. The van der Waals surface area contributed by atoms with Gasteiger partial charge in [0.15, 0.2) is 6.79 Å². The molecule has 0 aromatic heterocycles. The van der Waals surface area contributed by atoms with Crippen LogP contribution in [-0.4, -0.2) is 44.9 Å². The van der Waals surface area contributed by atoms with E-state index in [0.29, 0.717) is 16.9 Å². The summed E-state index contributed by atoms with van der Waals surface area (Å²) >= 11 is 0. The van der Waals surface area contributed by atoms with Crippen molar-refractivity contribution in [2.75, 3.05) is 19.7 Å². The van der Waals surface area contributed by atoms with E-state index in [9.17, 15) is 21.6 Å². The zero-order chi connectivity index (χ0) is 17.8. The Morgan fingerprint density at radius 2 is 1.74 bits per heavy atom. The Labute approximate surface area is 131 Å². The van der Waals surface area contributed by atoms with Crippen LogP contribution in [0, 0.1) is 13.8 Å². The van der Waals surface area contributed by atoms with Crippen LogP contribution in [0.3, 0.4) is 0 Å². The normalized spacial score (nSPS) is 13.7. The van der Waals surface area contributed by atoms with E-state index in [4.69, 9.17) is 18.8 Å². The Morgan fingerprint density at radius 3 is 2.13 bits per heavy atom. The smallest absolute Gasteiger partial charge is 0.426 e. The maximum absolute atomic E-state index is 12.8. The van der Waals surface area contributed by atoms with E-state index in [1.807, 2.05) is 0 Å². The summed E-state index contributed by atoms with van der Waals surface area (Å²) in [5.41, 5.74) is 0.981. The van der Waals surface area contributed by atoms with Crippen LogP contribution in [-0.2, 0) is 14.9 Å². The minimum Gasteiger partial charge on any atom is -0.480 e. The van der Waals surface area contributed by atoms with Crippen LogP contribution in [0.4, 0.5) is 13.2 Å². The Hall–Kier alpha value is -1.52. The lowest BCUT2D eigenvalue weighted by atomic mass is 10.1. The predicted octanol–water partition coefficient (Wildman–Crippen LogP) is 2.48. The zero-order valence-corrected chi connectivity index (χ0v) is 13.5. The molecule has 0 saturated heterocycles. The lowest BCUT2D eigenvalue weighted by Crippen LogP contribution is -2.40. The highest BCUT2D eigenvalue weighted by Gasteiger charge is 2.44. The van der Waals surface area contributed by atoms with Gasteiger partial charge in [-0.2, -0.15) is 21.6 Å². The Bertz CT molecular complexity index is 619. The lowest BCUT2D eigenvalue weighted by Gasteiger charge is -2.22. The van der Waals surface area contributed by atoms with Gasteiger partial charge >= 0.3 is 6.18 Å². The van der Waals surface area contributed by atoms with E-state index in [-0.39, 0.29) is 12.5 Å². The molecule has 1 aromatic carbocycles. The van der Waals surface area contributed by atoms with Crippen molar-refractivity contribution in [3.8, 4) is 11.5 Å². The van der Waals surface area contributed by atoms with Gasteiger partial charge in [0.1, 0.15) is 17.3 Å². The van der Waals surface area contributed by atoms with Crippen molar-refractivity contribution in [1.82, 2.24) is 0 Å². The van der Waals surface area contributed by atoms with Crippen molar-refractivity contribution in [2.45, 2.75) is 26.1 Å². The standard InChI is InChI=1S/C13H17F3O6S/c1-8-4-10(5-9(2)12(8)21-7-20-3)22-11(13(14,15)16)6-23(17,18)19/h4-5,11H,6-7H2,1-3H3,(H,17,18,19). The fourth-order valence-corrected chi connectivity index (χ4v) is 2.51. The predicted molar refractivity (Wildman–Crippen MR) is 75.3 cm³/mol. The van der Waals surface area contributed by atoms with Crippen LogP contribution in [0.25, 0.3) is 0 Å². The summed E-state index contributed by atoms with van der Waals surface area (Å²) in [6.45, 7) is 3.16. The summed E-state index contributed by atoms with van der Waals surface area (Å²) in [5, 5.41) is 0. The molecule has 0 amide bonds. The van der Waals surface area contributed by atoms with E-state index in [1.54, 1.807) is 13.8 Å². The van der Waals surface area contributed by atoms with Crippen molar-refractivity contribution in [1.29, 1.82) is 0 Å². The number of methoxy groups -OCH3 is 1. The minimum atomic E-state index is -4.96. The molecule has 6 nitrogen and oxygen atoms in total. The molecular weight excluding hydrogens is 341 g/mol. The first-order valence-electron chi connectivity index (χ1n) is 6.35. The minimum absolute atomic E-state index is 0.0319. The van der Waals surface area contributed by atoms with E-state index in [2.05, 4.69) is 0 Å². The summed E-state index contributed by atoms with van der Waals surface area (Å²) in [7, 11) is -3.43. The van der Waals surface area contributed by atoms with Gasteiger partial charge in [-0.1, -0.05) is 0 Å². The molecule has 0 saturated carbocycles. The third-order valence-electron chi connectivity index (χ3n) is 2.76. The van der Waals surface area contributed by atoms with Crippen LogP contribution in [0.2, 0.25) is 0 Å². The van der Waals surface area contributed by atoms with Crippen LogP contribution in [0.1, 0.15) is 11.1 Å². The first-order valence-corrected chi connectivity index (χ1v) is 7.96. The molecule has 1 N–H and O–H groups in total. The summed E-state index contributed by atoms with van der Waals surface area (Å²) in [4.78, 5) is 0. The van der Waals surface area contributed by atoms with Gasteiger partial charge in [0, 0.05) is 7.11 Å². The second-order valence-electron chi connectivity index (χ2n) is 4.83. The van der Waals surface area contributed by atoms with Crippen LogP contribution in [0.5, 0.6) is 11.5 Å². The van der Waals surface area contributed by atoms with Gasteiger partial charge in [0.2, 0.25) is 6.10 Å². The van der Waals surface area contributed by atoms with Crippen molar-refractivity contribution >= 4 is 10.1 Å². The number of halogens is 3. The molecular formula is C13H17F3O6S. The zero-order valence-electron chi connectivity index (χ0n) is 12.7. The van der Waals surface area contributed by atoms with Crippen LogP contribution in [0.15, 0.2) is 12.1 Å². The SMILES string of the molecule is COCOc1c(C)cc(OC(CS(=O)(=O)O)C(F)(F)F)cc1C. The maximum atomic E-state index is 12.8. The summed E-state index contributed by atoms with van der Waals surface area (Å²) in [5.74, 6) is -1.34. The average Bonchev–Trinajstić information content (AvgIpc) is 2.34. The molecule has 0 aliphatic rings. The van der Waals surface area contributed by atoms with E-state index >= 15 is 0 Å². The summed E-state index contributed by atoms with van der Waals surface area (Å²) in [6.07, 6.45) is -7.63. The van der Waals surface area contributed by atoms with Gasteiger partial charge in [-0.05, 0) is 37.1 Å². The second-order valence-corrected chi connectivity index (χ2v) is 6.33. The molecule has 1 unspecified atom stereocenters. The highest BCUT2D eigenvalue weighted by molar-refractivity contribution is 7.85. The lowest BCUT2D eigenvalue weighted by molar-refractivity contribution is -0.188. The molecule has 10 heteroatoms. The van der Waals surface area contributed by atoms with Gasteiger partial charge in [-0.3, -0.25) is 4.55 Å². The number of hydrogen-bond acceptors (Lipinski definition) is 5. The number of aryl methyl sites for hydroxylation is 2. The number of rotatable bonds is 7. The molecule has 0 aliphatic heterocycles. The fourth-order valence-electron chi connectivity index (χ4n) is 1.87. The molecule has 1 aromatic rings. The van der Waals surface area contributed by atoms with Crippen molar-refractivity contribution in [3.05, 3.63) is 23.3 Å². The molecule has 1 atom stereocenters. The summed E-state index contributed by atoms with van der Waals surface area (Å²) < 4.78 is 83.4. The first-order chi connectivity index (χ1) is 10.4. The van der Waals surface area contributed by atoms with Crippen molar-refractivity contribution in [2.24, 2.45) is 0 Å². The quantitative estimate of drug-likeness (QED) is 0.596. The Morgan fingerprint density at radius 1 is 1.22 bits per heavy atom. The molecule has 1 rings (SSSR count). The Kier molecular flexibility index (Phi) is 6.25. The van der Waals surface area contributed by atoms with E-state index in [1.165, 1.54) is 19.2 Å². The number of ether oxygens (including phenoxy) is 3. The van der Waals surface area contributed by atoms with E-state index < -0.39 is 28.2 Å². The molecule has 0 heterocycles. The highest BCUT2D eigenvalue weighted by Crippen LogP contribution is 2.32. The van der Waals surface area contributed by atoms with Gasteiger partial charge in [-0.25, -0.2) is 0 Å². The molecule has 132 valence electrons. The first kappa shape index (κ1) is 19.5.